The summed E-state index contributed by atoms with van der Waals surface area (Å²) < 4.78 is 0. The zero-order chi connectivity index (χ0) is 13.9. The number of nitrogens with one attached hydrogen (secondary N) is 3. The van der Waals surface area contributed by atoms with Crippen molar-refractivity contribution in [3.05, 3.63) is 29.3 Å². The van der Waals surface area contributed by atoms with Gasteiger partial charge >= 0.3 is 0 Å². The summed E-state index contributed by atoms with van der Waals surface area (Å²) in [7, 11) is 0. The maximum absolute atomic E-state index is 11.7. The van der Waals surface area contributed by atoms with E-state index in [2.05, 4.69) is 20.8 Å². The van der Waals surface area contributed by atoms with Crippen LogP contribution < -0.4 is 10.6 Å². The van der Waals surface area contributed by atoms with E-state index in [-0.39, 0.29) is 17.9 Å². The van der Waals surface area contributed by atoms with Crippen molar-refractivity contribution in [1.29, 1.82) is 0 Å². The van der Waals surface area contributed by atoms with E-state index >= 15 is 0 Å². The molecule has 7 heteroatoms. The molecule has 2 aromatic heterocycles. The van der Waals surface area contributed by atoms with Gasteiger partial charge in [-0.05, 0) is 17.9 Å². The Kier molecular flexibility index (Phi) is 3.62. The number of amides is 2. The minimum atomic E-state index is -0.321. The van der Waals surface area contributed by atoms with E-state index < -0.39 is 0 Å². The molecule has 3 N–H and O–H groups in total. The van der Waals surface area contributed by atoms with Gasteiger partial charge in [0.15, 0.2) is 0 Å². The summed E-state index contributed by atoms with van der Waals surface area (Å²) in [6, 6.07) is 3.69. The molecule has 1 atom stereocenters. The van der Waals surface area contributed by atoms with Crippen LogP contribution >= 0.6 is 11.3 Å². The molecular weight excluding hydrogens is 276 g/mol. The van der Waals surface area contributed by atoms with Crippen LogP contribution in [0.3, 0.4) is 0 Å². The smallest absolute Gasteiger partial charge is 0.243 e. The van der Waals surface area contributed by atoms with Crippen LogP contribution in [0.1, 0.15) is 18.4 Å². The second kappa shape index (κ2) is 5.56. The molecule has 1 unspecified atom stereocenters. The summed E-state index contributed by atoms with van der Waals surface area (Å²) >= 11 is 1.63. The normalized spacial score (nSPS) is 19.1. The van der Waals surface area contributed by atoms with Gasteiger partial charge in [-0.15, -0.1) is 11.3 Å². The first-order chi connectivity index (χ1) is 9.74. The van der Waals surface area contributed by atoms with Crippen molar-refractivity contribution in [2.75, 3.05) is 0 Å². The minimum absolute atomic E-state index is 0.198. The van der Waals surface area contributed by atoms with Gasteiger partial charge in [-0.3, -0.25) is 20.0 Å². The predicted molar refractivity (Wildman–Crippen MR) is 74.9 cm³/mol. The van der Waals surface area contributed by atoms with E-state index in [4.69, 9.17) is 0 Å². The predicted octanol–water partition coefficient (Wildman–Crippen LogP) is 1.03. The van der Waals surface area contributed by atoms with Crippen molar-refractivity contribution < 1.29 is 9.59 Å². The molecule has 1 aliphatic rings. The van der Waals surface area contributed by atoms with Gasteiger partial charge in [0.1, 0.15) is 0 Å². The van der Waals surface area contributed by atoms with Crippen LogP contribution in [0.5, 0.6) is 0 Å². The summed E-state index contributed by atoms with van der Waals surface area (Å²) in [4.78, 5) is 23.9. The molecule has 1 aliphatic heterocycles. The number of aromatic amines is 1. The van der Waals surface area contributed by atoms with Crippen LogP contribution in [0.4, 0.5) is 0 Å². The zero-order valence-corrected chi connectivity index (χ0v) is 11.5. The van der Waals surface area contributed by atoms with Crippen molar-refractivity contribution in [3.8, 4) is 10.6 Å². The molecule has 2 amide bonds. The van der Waals surface area contributed by atoms with Gasteiger partial charge in [0.05, 0.1) is 22.8 Å². The van der Waals surface area contributed by atoms with Crippen molar-refractivity contribution in [3.63, 3.8) is 0 Å². The molecule has 0 spiro atoms. The summed E-state index contributed by atoms with van der Waals surface area (Å²) in [5.74, 6) is -0.446. The van der Waals surface area contributed by atoms with Crippen LogP contribution in [0.15, 0.2) is 23.7 Å². The van der Waals surface area contributed by atoms with Crippen molar-refractivity contribution in [2.45, 2.75) is 25.4 Å². The van der Waals surface area contributed by atoms with E-state index in [9.17, 15) is 9.59 Å². The van der Waals surface area contributed by atoms with Gasteiger partial charge in [-0.1, -0.05) is 6.07 Å². The van der Waals surface area contributed by atoms with E-state index in [0.29, 0.717) is 19.4 Å². The van der Waals surface area contributed by atoms with E-state index in [1.807, 2.05) is 17.5 Å². The van der Waals surface area contributed by atoms with E-state index in [0.717, 1.165) is 16.1 Å². The second-order valence-corrected chi connectivity index (χ2v) is 5.58. The molecule has 6 nitrogen and oxygen atoms in total. The summed E-state index contributed by atoms with van der Waals surface area (Å²) in [6.07, 6.45) is 2.68. The number of imide groups is 1. The molecule has 0 bridgehead atoms. The van der Waals surface area contributed by atoms with Crippen molar-refractivity contribution >= 4 is 23.2 Å². The van der Waals surface area contributed by atoms with Crippen molar-refractivity contribution in [2.24, 2.45) is 0 Å². The van der Waals surface area contributed by atoms with Gasteiger partial charge in [0, 0.05) is 18.5 Å². The van der Waals surface area contributed by atoms with Gasteiger partial charge < -0.3 is 5.32 Å². The molecule has 0 radical (unpaired) electrons. The molecule has 1 fully saturated rings. The molecule has 2 aromatic rings. The summed E-state index contributed by atoms with van der Waals surface area (Å²) in [5, 5.41) is 14.6. The first-order valence-corrected chi connectivity index (χ1v) is 7.25. The highest BCUT2D eigenvalue weighted by Crippen LogP contribution is 2.25. The van der Waals surface area contributed by atoms with Crippen LogP contribution in [-0.4, -0.2) is 28.1 Å². The number of hydrogen-bond acceptors (Lipinski definition) is 5. The Hall–Kier alpha value is -1.99. The number of hydrogen-bond donors (Lipinski definition) is 3. The number of piperidine rings is 1. The van der Waals surface area contributed by atoms with Crippen LogP contribution in [0.2, 0.25) is 0 Å². The zero-order valence-electron chi connectivity index (χ0n) is 10.7. The lowest BCUT2D eigenvalue weighted by Gasteiger charge is -2.21. The molecule has 0 aliphatic carbocycles. The number of rotatable bonds is 4. The van der Waals surface area contributed by atoms with Crippen molar-refractivity contribution in [1.82, 2.24) is 20.8 Å². The number of thiophene rings is 1. The standard InChI is InChI=1S/C13H14N4O2S/c18-11-4-3-9(13(19)16-11)14-6-8-7-15-17-12(8)10-2-1-5-20-10/h1-2,5,7,9,14H,3-4,6H2,(H,15,17)(H,16,18,19). The maximum Gasteiger partial charge on any atom is 0.243 e. The lowest BCUT2D eigenvalue weighted by Crippen LogP contribution is -2.50. The highest BCUT2D eigenvalue weighted by Gasteiger charge is 2.26. The lowest BCUT2D eigenvalue weighted by atomic mass is 10.1. The largest absolute Gasteiger partial charge is 0.302 e. The van der Waals surface area contributed by atoms with E-state index in [1.54, 1.807) is 17.5 Å². The fraction of sp³-hybridized carbons (Fsp3) is 0.308. The summed E-state index contributed by atoms with van der Waals surface area (Å²) in [6.45, 7) is 0.538. The highest BCUT2D eigenvalue weighted by atomic mass is 32.1. The molecule has 3 rings (SSSR count). The SMILES string of the molecule is O=C1CCC(NCc2cn[nH]c2-c2cccs2)C(=O)N1. The Bertz CT molecular complexity index is 620. The Morgan fingerprint density at radius 1 is 1.45 bits per heavy atom. The Morgan fingerprint density at radius 2 is 2.35 bits per heavy atom. The number of carbonyl (C=O) groups is 2. The fourth-order valence-electron chi connectivity index (χ4n) is 2.20. The lowest BCUT2D eigenvalue weighted by molar-refractivity contribution is -0.134. The number of carbonyl (C=O) groups excluding carboxylic acids is 2. The maximum atomic E-state index is 11.7. The third-order valence-electron chi connectivity index (χ3n) is 3.26. The monoisotopic (exact) mass is 290 g/mol. The molecule has 1 saturated heterocycles. The van der Waals surface area contributed by atoms with Gasteiger partial charge in [0.25, 0.3) is 0 Å². The molecule has 0 saturated carbocycles. The Morgan fingerprint density at radius 3 is 3.10 bits per heavy atom. The van der Waals surface area contributed by atoms with E-state index in [1.165, 1.54) is 0 Å². The first-order valence-electron chi connectivity index (χ1n) is 6.37. The molecule has 0 aromatic carbocycles. The van der Waals surface area contributed by atoms with Gasteiger partial charge in [-0.2, -0.15) is 5.10 Å². The third-order valence-corrected chi connectivity index (χ3v) is 4.15. The Labute approximate surface area is 119 Å². The van der Waals surface area contributed by atoms with Gasteiger partial charge in [0.2, 0.25) is 11.8 Å². The number of nitrogens with zero attached hydrogens (tertiary/aromatic N) is 1. The minimum Gasteiger partial charge on any atom is -0.302 e. The third kappa shape index (κ3) is 2.63. The number of aromatic nitrogens is 2. The molecule has 104 valence electrons. The molecular formula is C13H14N4O2S. The first kappa shape index (κ1) is 13.0. The average molecular weight is 290 g/mol. The van der Waals surface area contributed by atoms with Gasteiger partial charge in [-0.25, -0.2) is 0 Å². The summed E-state index contributed by atoms with van der Waals surface area (Å²) in [5.41, 5.74) is 1.98. The second-order valence-electron chi connectivity index (χ2n) is 4.63. The fourth-order valence-corrected chi connectivity index (χ4v) is 2.96. The Balaban J connectivity index is 1.66. The van der Waals surface area contributed by atoms with Crippen LogP contribution in [0, 0.1) is 0 Å². The quantitative estimate of drug-likeness (QED) is 0.734. The molecule has 20 heavy (non-hydrogen) atoms. The van der Waals surface area contributed by atoms with Crippen LogP contribution in [-0.2, 0) is 16.1 Å². The van der Waals surface area contributed by atoms with Crippen LogP contribution in [0.25, 0.3) is 10.6 Å². The average Bonchev–Trinajstić information content (AvgIpc) is 3.08. The topological polar surface area (TPSA) is 86.9 Å². The highest BCUT2D eigenvalue weighted by molar-refractivity contribution is 7.13. The molecule has 3 heterocycles. The number of H-pyrrole nitrogens is 1.